The van der Waals surface area contributed by atoms with Crippen LogP contribution in [-0.2, 0) is 14.6 Å². The van der Waals surface area contributed by atoms with Crippen molar-refractivity contribution in [1.82, 2.24) is 0 Å². The molecule has 0 unspecified atom stereocenters. The molecule has 0 aliphatic carbocycles. The lowest BCUT2D eigenvalue weighted by Gasteiger charge is -2.08. The van der Waals surface area contributed by atoms with Gasteiger partial charge in [-0.25, -0.2) is 8.42 Å². The Kier molecular flexibility index (Phi) is 5.05. The molecule has 1 N–H and O–H groups in total. The molecule has 0 aliphatic rings. The van der Waals surface area contributed by atoms with Gasteiger partial charge in [0.25, 0.3) is 0 Å². The average Bonchev–Trinajstić information content (AvgIpc) is 2.47. The molecule has 0 spiro atoms. The molecule has 0 bridgehead atoms. The van der Waals surface area contributed by atoms with Crippen LogP contribution in [0.5, 0.6) is 5.75 Å². The second kappa shape index (κ2) is 6.81. The summed E-state index contributed by atoms with van der Waals surface area (Å²) in [5.74, 6) is -0.701. The second-order valence-corrected chi connectivity index (χ2v) is 6.92. The van der Waals surface area contributed by atoms with Crippen LogP contribution in [0.4, 0.5) is 5.69 Å². The van der Waals surface area contributed by atoms with Crippen LogP contribution in [0.25, 0.3) is 0 Å². The molecule has 0 saturated carbocycles. The Morgan fingerprint density at radius 1 is 1.18 bits per heavy atom. The fourth-order valence-electron chi connectivity index (χ4n) is 1.80. The monoisotopic (exact) mass is 339 g/mol. The van der Waals surface area contributed by atoms with Gasteiger partial charge < -0.3 is 10.1 Å². The average molecular weight is 340 g/mol. The Morgan fingerprint density at radius 3 is 2.50 bits per heavy atom. The van der Waals surface area contributed by atoms with E-state index in [4.69, 9.17) is 16.3 Å². The van der Waals surface area contributed by atoms with Gasteiger partial charge in [-0.2, -0.15) is 0 Å². The van der Waals surface area contributed by atoms with Gasteiger partial charge in [-0.05, 0) is 36.4 Å². The molecule has 2 aromatic carbocycles. The summed E-state index contributed by atoms with van der Waals surface area (Å²) in [5.41, 5.74) is 0.468. The van der Waals surface area contributed by atoms with Gasteiger partial charge in [0.2, 0.25) is 5.91 Å². The van der Waals surface area contributed by atoms with Crippen LogP contribution in [0, 0.1) is 0 Å². The Labute approximate surface area is 133 Å². The van der Waals surface area contributed by atoms with Crippen LogP contribution in [0.15, 0.2) is 53.4 Å². The first-order chi connectivity index (χ1) is 10.4. The molecule has 0 aromatic heterocycles. The first kappa shape index (κ1) is 16.3. The first-order valence-corrected chi connectivity index (χ1v) is 8.36. The zero-order chi connectivity index (χ0) is 16.2. The molecular formula is C15H14ClNO4S. The van der Waals surface area contributed by atoms with Crippen LogP contribution in [0.3, 0.4) is 0 Å². The van der Waals surface area contributed by atoms with Gasteiger partial charge in [-0.1, -0.05) is 17.7 Å². The summed E-state index contributed by atoms with van der Waals surface area (Å²) in [5, 5.41) is 2.96. The number of carbonyl (C=O) groups is 1. The molecule has 2 rings (SSSR count). The highest BCUT2D eigenvalue weighted by atomic mass is 35.5. The van der Waals surface area contributed by atoms with E-state index in [-0.39, 0.29) is 4.90 Å². The molecule has 0 atom stereocenters. The molecular weight excluding hydrogens is 326 g/mol. The van der Waals surface area contributed by atoms with E-state index in [1.807, 2.05) is 0 Å². The van der Waals surface area contributed by atoms with Crippen molar-refractivity contribution in [3.8, 4) is 5.75 Å². The molecule has 22 heavy (non-hydrogen) atoms. The van der Waals surface area contributed by atoms with E-state index in [1.165, 1.54) is 31.4 Å². The van der Waals surface area contributed by atoms with Crippen LogP contribution in [-0.4, -0.2) is 27.2 Å². The van der Waals surface area contributed by atoms with E-state index in [0.29, 0.717) is 16.5 Å². The quantitative estimate of drug-likeness (QED) is 0.909. The van der Waals surface area contributed by atoms with Gasteiger partial charge in [0.05, 0.1) is 12.0 Å². The molecule has 5 nitrogen and oxygen atoms in total. The van der Waals surface area contributed by atoms with Gasteiger partial charge >= 0.3 is 0 Å². The van der Waals surface area contributed by atoms with Gasteiger partial charge in [-0.3, -0.25) is 4.79 Å². The van der Waals surface area contributed by atoms with Gasteiger partial charge in [0, 0.05) is 16.8 Å². The fourth-order valence-corrected chi connectivity index (χ4v) is 3.06. The molecule has 0 heterocycles. The standard InChI is InChI=1S/C15H14ClNO4S/c1-21-13-4-2-3-12(9-13)17-15(18)10-22(19,20)14-7-5-11(16)6-8-14/h2-9H,10H2,1H3,(H,17,18). The fraction of sp³-hybridized carbons (Fsp3) is 0.133. The summed E-state index contributed by atoms with van der Waals surface area (Å²) in [6.45, 7) is 0. The Hall–Kier alpha value is -2.05. The minimum Gasteiger partial charge on any atom is -0.497 e. The molecule has 0 aliphatic heterocycles. The number of rotatable bonds is 5. The van der Waals surface area contributed by atoms with Crippen molar-refractivity contribution < 1.29 is 17.9 Å². The highest BCUT2D eigenvalue weighted by Crippen LogP contribution is 2.18. The third-order valence-corrected chi connectivity index (χ3v) is 4.73. The number of halogens is 1. The van der Waals surface area contributed by atoms with Crippen molar-refractivity contribution in [3.05, 3.63) is 53.6 Å². The van der Waals surface area contributed by atoms with Crippen molar-refractivity contribution in [2.75, 3.05) is 18.2 Å². The minimum atomic E-state index is -3.71. The van der Waals surface area contributed by atoms with Gasteiger partial charge in [0.1, 0.15) is 11.5 Å². The number of anilines is 1. The lowest BCUT2D eigenvalue weighted by atomic mass is 10.3. The Bertz CT molecular complexity index is 772. The summed E-state index contributed by atoms with van der Waals surface area (Å²) >= 11 is 5.72. The molecule has 0 fully saturated rings. The van der Waals surface area contributed by atoms with E-state index < -0.39 is 21.5 Å². The Morgan fingerprint density at radius 2 is 1.86 bits per heavy atom. The van der Waals surface area contributed by atoms with Crippen molar-refractivity contribution in [3.63, 3.8) is 0 Å². The molecule has 1 amide bonds. The van der Waals surface area contributed by atoms with Crippen LogP contribution < -0.4 is 10.1 Å². The number of sulfone groups is 1. The van der Waals surface area contributed by atoms with E-state index >= 15 is 0 Å². The van der Waals surface area contributed by atoms with Gasteiger partial charge in [0.15, 0.2) is 9.84 Å². The zero-order valence-corrected chi connectivity index (χ0v) is 13.3. The minimum absolute atomic E-state index is 0.0534. The van der Waals surface area contributed by atoms with E-state index in [1.54, 1.807) is 24.3 Å². The van der Waals surface area contributed by atoms with Crippen LogP contribution >= 0.6 is 11.6 Å². The third kappa shape index (κ3) is 4.22. The SMILES string of the molecule is COc1cccc(NC(=O)CS(=O)(=O)c2ccc(Cl)cc2)c1. The number of hydrogen-bond donors (Lipinski definition) is 1. The molecule has 0 saturated heterocycles. The lowest BCUT2D eigenvalue weighted by Crippen LogP contribution is -2.23. The highest BCUT2D eigenvalue weighted by Gasteiger charge is 2.19. The largest absolute Gasteiger partial charge is 0.497 e. The van der Waals surface area contributed by atoms with Crippen molar-refractivity contribution >= 4 is 33.0 Å². The molecule has 116 valence electrons. The smallest absolute Gasteiger partial charge is 0.239 e. The predicted molar refractivity (Wildman–Crippen MR) is 85.1 cm³/mol. The number of nitrogens with one attached hydrogen (secondary N) is 1. The Balaban J connectivity index is 2.09. The third-order valence-electron chi connectivity index (χ3n) is 2.85. The van der Waals surface area contributed by atoms with Crippen molar-refractivity contribution in [2.45, 2.75) is 4.90 Å². The summed E-state index contributed by atoms with van der Waals surface area (Å²) in [6, 6.07) is 12.3. The number of benzene rings is 2. The summed E-state index contributed by atoms with van der Waals surface area (Å²) < 4.78 is 29.3. The van der Waals surface area contributed by atoms with Crippen molar-refractivity contribution in [1.29, 1.82) is 0 Å². The summed E-state index contributed by atoms with van der Waals surface area (Å²) in [6.07, 6.45) is 0. The number of methoxy groups -OCH3 is 1. The number of carbonyl (C=O) groups excluding carboxylic acids is 1. The van der Waals surface area contributed by atoms with E-state index in [9.17, 15) is 13.2 Å². The number of hydrogen-bond acceptors (Lipinski definition) is 4. The predicted octanol–water partition coefficient (Wildman–Crippen LogP) is 2.76. The van der Waals surface area contributed by atoms with Crippen LogP contribution in [0.1, 0.15) is 0 Å². The van der Waals surface area contributed by atoms with Crippen molar-refractivity contribution in [2.24, 2.45) is 0 Å². The second-order valence-electron chi connectivity index (χ2n) is 4.49. The normalized spacial score (nSPS) is 11.0. The van der Waals surface area contributed by atoms with Crippen LogP contribution in [0.2, 0.25) is 5.02 Å². The maximum atomic E-state index is 12.1. The topological polar surface area (TPSA) is 72.5 Å². The summed E-state index contributed by atoms with van der Waals surface area (Å²) in [7, 11) is -2.21. The lowest BCUT2D eigenvalue weighted by molar-refractivity contribution is -0.113. The maximum Gasteiger partial charge on any atom is 0.239 e. The maximum absolute atomic E-state index is 12.1. The number of amides is 1. The van der Waals surface area contributed by atoms with E-state index in [0.717, 1.165) is 0 Å². The highest BCUT2D eigenvalue weighted by molar-refractivity contribution is 7.92. The zero-order valence-electron chi connectivity index (χ0n) is 11.7. The molecule has 7 heteroatoms. The molecule has 2 aromatic rings. The first-order valence-electron chi connectivity index (χ1n) is 6.33. The number of ether oxygens (including phenoxy) is 1. The molecule has 0 radical (unpaired) electrons. The van der Waals surface area contributed by atoms with Gasteiger partial charge in [-0.15, -0.1) is 0 Å². The van der Waals surface area contributed by atoms with E-state index in [2.05, 4.69) is 5.32 Å². The summed E-state index contributed by atoms with van der Waals surface area (Å²) in [4.78, 5) is 12.0.